The molecule has 0 spiro atoms. The maximum Gasteiger partial charge on any atom is 0.0926 e. The number of nitrogens with zero attached hydrogens (tertiary/aromatic N) is 2. The van der Waals surface area contributed by atoms with Gasteiger partial charge in [-0.2, -0.15) is 0 Å². The summed E-state index contributed by atoms with van der Waals surface area (Å²) in [6, 6.07) is 1.98. The lowest BCUT2D eigenvalue weighted by atomic mass is 10.0. The van der Waals surface area contributed by atoms with E-state index in [1.807, 2.05) is 32.3 Å². The van der Waals surface area contributed by atoms with Gasteiger partial charge in [0.15, 0.2) is 0 Å². The van der Waals surface area contributed by atoms with Crippen LogP contribution in [0, 0.1) is 5.92 Å². The Kier molecular flexibility index (Phi) is 4.19. The first-order chi connectivity index (χ1) is 8.60. The van der Waals surface area contributed by atoms with E-state index in [1.165, 1.54) is 5.01 Å². The number of aryl methyl sites for hydroxylation is 1. The topological polar surface area (TPSA) is 38.0 Å². The van der Waals surface area contributed by atoms with Gasteiger partial charge in [-0.25, -0.2) is 4.98 Å². The van der Waals surface area contributed by atoms with Gasteiger partial charge < -0.3 is 9.67 Å². The summed E-state index contributed by atoms with van der Waals surface area (Å²) in [7, 11) is 0. The molecule has 0 aliphatic rings. The average molecular weight is 264 g/mol. The predicted octanol–water partition coefficient (Wildman–Crippen LogP) is 3.24. The van der Waals surface area contributed by atoms with Gasteiger partial charge in [-0.05, 0) is 24.0 Å². The summed E-state index contributed by atoms with van der Waals surface area (Å²) in [5, 5.41) is 13.3. The molecule has 18 heavy (non-hydrogen) atoms. The highest BCUT2D eigenvalue weighted by molar-refractivity contribution is 7.09. The molecule has 0 fully saturated rings. The number of hydrogen-bond acceptors (Lipinski definition) is 3. The molecule has 0 radical (unpaired) electrons. The molecule has 0 saturated heterocycles. The number of hydrogen-bond donors (Lipinski definition) is 1. The zero-order valence-corrected chi connectivity index (χ0v) is 11.9. The van der Waals surface area contributed by atoms with Gasteiger partial charge in [0.25, 0.3) is 0 Å². The van der Waals surface area contributed by atoms with E-state index in [-0.39, 0.29) is 12.0 Å². The van der Waals surface area contributed by atoms with Crippen LogP contribution in [-0.4, -0.2) is 14.7 Å². The molecule has 98 valence electrons. The lowest BCUT2D eigenvalue weighted by Crippen LogP contribution is -2.04. The van der Waals surface area contributed by atoms with Gasteiger partial charge in [-0.3, -0.25) is 0 Å². The summed E-state index contributed by atoms with van der Waals surface area (Å²) in [5.41, 5.74) is 2.08. The second-order valence-corrected chi connectivity index (χ2v) is 5.83. The van der Waals surface area contributed by atoms with Crippen LogP contribution in [0.2, 0.25) is 0 Å². The highest BCUT2D eigenvalue weighted by Crippen LogP contribution is 2.22. The maximum atomic E-state index is 9.99. The van der Waals surface area contributed by atoms with Crippen LogP contribution >= 0.6 is 11.3 Å². The first-order valence-electron chi connectivity index (χ1n) is 6.37. The Morgan fingerprint density at radius 1 is 1.44 bits per heavy atom. The lowest BCUT2D eigenvalue weighted by Gasteiger charge is -2.12. The summed E-state index contributed by atoms with van der Waals surface area (Å²) in [6.07, 6.45) is 4.63. The summed E-state index contributed by atoms with van der Waals surface area (Å²) >= 11 is 1.71. The highest BCUT2D eigenvalue weighted by atomic mass is 32.1. The Morgan fingerprint density at radius 3 is 2.83 bits per heavy atom. The van der Waals surface area contributed by atoms with Crippen molar-refractivity contribution in [2.24, 2.45) is 5.92 Å². The van der Waals surface area contributed by atoms with Crippen molar-refractivity contribution in [1.29, 1.82) is 0 Å². The average Bonchev–Trinajstić information content (AvgIpc) is 2.97. The van der Waals surface area contributed by atoms with Crippen LogP contribution in [0.3, 0.4) is 0 Å². The third kappa shape index (κ3) is 3.00. The van der Waals surface area contributed by atoms with E-state index in [2.05, 4.69) is 21.9 Å². The molecular weight excluding hydrogens is 244 g/mol. The molecule has 0 bridgehead atoms. The second kappa shape index (κ2) is 5.67. The molecular formula is C14H20N2OS. The molecule has 4 heteroatoms. The maximum absolute atomic E-state index is 9.99. The van der Waals surface area contributed by atoms with E-state index in [4.69, 9.17) is 0 Å². The van der Waals surface area contributed by atoms with E-state index in [0.29, 0.717) is 0 Å². The van der Waals surface area contributed by atoms with Gasteiger partial charge in [-0.15, -0.1) is 11.3 Å². The fraction of sp³-hybridized carbons (Fsp3) is 0.500. The van der Waals surface area contributed by atoms with Crippen LogP contribution in [0.25, 0.3) is 0 Å². The largest absolute Gasteiger partial charge is 0.388 e. The smallest absolute Gasteiger partial charge is 0.0926 e. The van der Waals surface area contributed by atoms with Crippen molar-refractivity contribution in [3.05, 3.63) is 40.1 Å². The van der Waals surface area contributed by atoms with Crippen LogP contribution in [0.4, 0.5) is 0 Å². The number of aliphatic hydroxyl groups is 1. The van der Waals surface area contributed by atoms with E-state index in [1.54, 1.807) is 11.3 Å². The van der Waals surface area contributed by atoms with Crippen molar-refractivity contribution in [3.8, 4) is 0 Å². The van der Waals surface area contributed by atoms with Crippen LogP contribution in [0.15, 0.2) is 23.8 Å². The Balaban J connectivity index is 2.06. The second-order valence-electron chi connectivity index (χ2n) is 4.89. The standard InChI is InChI=1S/C14H20N2OS/c1-4-13-15-12(9-18-13)8-16-6-5-11(7-16)14(17)10(2)3/h5-7,9-10,14,17H,4,8H2,1-3H3. The van der Waals surface area contributed by atoms with Gasteiger partial charge >= 0.3 is 0 Å². The van der Waals surface area contributed by atoms with Crippen molar-refractivity contribution >= 4 is 11.3 Å². The number of thiazole rings is 1. The van der Waals surface area contributed by atoms with Gasteiger partial charge in [-0.1, -0.05) is 20.8 Å². The normalized spacial score (nSPS) is 13.2. The predicted molar refractivity (Wildman–Crippen MR) is 74.8 cm³/mol. The summed E-state index contributed by atoms with van der Waals surface area (Å²) < 4.78 is 2.08. The Morgan fingerprint density at radius 2 is 2.22 bits per heavy atom. The highest BCUT2D eigenvalue weighted by Gasteiger charge is 2.13. The van der Waals surface area contributed by atoms with Gasteiger partial charge in [0.05, 0.1) is 23.4 Å². The van der Waals surface area contributed by atoms with E-state index >= 15 is 0 Å². The van der Waals surface area contributed by atoms with Crippen LogP contribution in [0.5, 0.6) is 0 Å². The molecule has 0 aromatic carbocycles. The third-order valence-electron chi connectivity index (χ3n) is 2.99. The molecule has 1 unspecified atom stereocenters. The quantitative estimate of drug-likeness (QED) is 0.900. The van der Waals surface area contributed by atoms with E-state index in [9.17, 15) is 5.11 Å². The first kappa shape index (κ1) is 13.3. The SMILES string of the molecule is CCc1nc(Cn2ccc(C(O)C(C)C)c2)cs1. The molecule has 3 nitrogen and oxygen atoms in total. The molecule has 0 aliphatic carbocycles. The zero-order valence-electron chi connectivity index (χ0n) is 11.1. The third-order valence-corrected chi connectivity index (χ3v) is 4.03. The molecule has 0 saturated carbocycles. The van der Waals surface area contributed by atoms with Gasteiger partial charge in [0, 0.05) is 17.8 Å². The molecule has 2 heterocycles. The monoisotopic (exact) mass is 264 g/mol. The van der Waals surface area contributed by atoms with Crippen LogP contribution < -0.4 is 0 Å². The first-order valence-corrected chi connectivity index (χ1v) is 7.25. The van der Waals surface area contributed by atoms with E-state index in [0.717, 1.165) is 24.2 Å². The molecule has 2 aromatic heterocycles. The minimum Gasteiger partial charge on any atom is -0.388 e. The Hall–Kier alpha value is -1.13. The van der Waals surface area contributed by atoms with Gasteiger partial charge in [0.1, 0.15) is 0 Å². The fourth-order valence-corrected chi connectivity index (χ4v) is 2.62. The van der Waals surface area contributed by atoms with Crippen LogP contribution in [-0.2, 0) is 13.0 Å². The van der Waals surface area contributed by atoms with Crippen LogP contribution in [0.1, 0.15) is 43.1 Å². The minimum absolute atomic E-state index is 0.242. The van der Waals surface area contributed by atoms with Crippen molar-refractivity contribution < 1.29 is 5.11 Å². The van der Waals surface area contributed by atoms with Gasteiger partial charge in [0.2, 0.25) is 0 Å². The van der Waals surface area contributed by atoms with Crippen molar-refractivity contribution in [3.63, 3.8) is 0 Å². The fourth-order valence-electron chi connectivity index (χ4n) is 1.89. The number of aliphatic hydroxyl groups excluding tert-OH is 1. The summed E-state index contributed by atoms with van der Waals surface area (Å²) in [4.78, 5) is 4.55. The zero-order chi connectivity index (χ0) is 13.1. The summed E-state index contributed by atoms with van der Waals surface area (Å²) in [5.74, 6) is 0.242. The molecule has 1 atom stereocenters. The lowest BCUT2D eigenvalue weighted by molar-refractivity contribution is 0.127. The van der Waals surface area contributed by atoms with Crippen molar-refractivity contribution in [2.75, 3.05) is 0 Å². The minimum atomic E-state index is -0.382. The van der Waals surface area contributed by atoms with Crippen molar-refractivity contribution in [2.45, 2.75) is 39.8 Å². The summed E-state index contributed by atoms with van der Waals surface area (Å²) in [6.45, 7) is 6.95. The molecule has 0 amide bonds. The van der Waals surface area contributed by atoms with E-state index < -0.39 is 0 Å². The Bertz CT molecular complexity index is 501. The molecule has 2 rings (SSSR count). The molecule has 0 aliphatic heterocycles. The Labute approximate surface area is 112 Å². The molecule has 2 aromatic rings. The number of aromatic nitrogens is 2. The molecule has 1 N–H and O–H groups in total. The number of rotatable bonds is 5. The van der Waals surface area contributed by atoms with Crippen molar-refractivity contribution in [1.82, 2.24) is 9.55 Å².